The largest absolute Gasteiger partial charge is 0.489 e. The molecule has 0 spiro atoms. The zero-order valence-corrected chi connectivity index (χ0v) is 30.3. The average molecular weight is 706 g/mol. The molecule has 0 fully saturated rings. The Morgan fingerprint density at radius 2 is 0.788 bits per heavy atom. The Morgan fingerprint density at radius 3 is 1.31 bits per heavy atom. The van der Waals surface area contributed by atoms with Crippen LogP contribution in [0.1, 0.15) is 76.0 Å². The minimum absolute atomic E-state index is 0.352. The van der Waals surface area contributed by atoms with Crippen LogP contribution in [0.3, 0.4) is 0 Å². The van der Waals surface area contributed by atoms with Gasteiger partial charge in [-0.25, -0.2) is 0 Å². The third-order valence-electron chi connectivity index (χ3n) is 10.1. The summed E-state index contributed by atoms with van der Waals surface area (Å²) in [5, 5.41) is 0. The molecule has 0 amide bonds. The molecule has 0 saturated carbocycles. The second-order valence-electron chi connectivity index (χ2n) is 13.3. The van der Waals surface area contributed by atoms with Crippen molar-refractivity contribution in [1.82, 2.24) is 0 Å². The smallest absolute Gasteiger partial charge is 0.131 e. The van der Waals surface area contributed by atoms with Crippen molar-refractivity contribution >= 4 is 11.8 Å². The summed E-state index contributed by atoms with van der Waals surface area (Å²) in [6, 6.07) is 50.6. The fraction of sp³-hybridized carbons (Fsp3) is 0.217. The van der Waals surface area contributed by atoms with Crippen LogP contribution in [0.4, 0.5) is 0 Å². The van der Waals surface area contributed by atoms with E-state index in [-0.39, 0.29) is 0 Å². The Kier molecular flexibility index (Phi) is 11.7. The molecule has 264 valence electrons. The highest BCUT2D eigenvalue weighted by molar-refractivity contribution is 7.99. The first-order valence-corrected chi connectivity index (χ1v) is 19.1. The van der Waals surface area contributed by atoms with Gasteiger partial charge < -0.3 is 26.7 Å². The van der Waals surface area contributed by atoms with E-state index in [1.54, 1.807) is 0 Å². The highest BCUT2D eigenvalue weighted by Gasteiger charge is 2.27. The number of fused-ring (bicyclic) bond motifs is 6. The molecule has 52 heavy (non-hydrogen) atoms. The summed E-state index contributed by atoms with van der Waals surface area (Å²) in [5.41, 5.74) is 26.5. The monoisotopic (exact) mass is 705 g/mol. The van der Waals surface area contributed by atoms with Gasteiger partial charge in [-0.05, 0) is 91.5 Å². The van der Waals surface area contributed by atoms with Crippen molar-refractivity contribution in [2.45, 2.75) is 53.4 Å². The van der Waals surface area contributed by atoms with Crippen LogP contribution in [-0.4, -0.2) is 19.6 Å². The van der Waals surface area contributed by atoms with Gasteiger partial charge in [0.1, 0.15) is 23.9 Å². The van der Waals surface area contributed by atoms with Crippen LogP contribution in [-0.2, 0) is 6.61 Å². The van der Waals surface area contributed by atoms with Crippen LogP contribution in [0, 0.1) is 0 Å². The Bertz CT molecular complexity index is 1860. The molecule has 6 aromatic carbocycles. The van der Waals surface area contributed by atoms with Gasteiger partial charge >= 0.3 is 0 Å². The van der Waals surface area contributed by atoms with Gasteiger partial charge in [-0.15, -0.1) is 0 Å². The number of ether oxygens (including phenoxy) is 2. The Hall–Kier alpha value is -4.85. The predicted molar refractivity (Wildman–Crippen MR) is 214 cm³/mol. The van der Waals surface area contributed by atoms with E-state index < -0.39 is 0 Å². The van der Waals surface area contributed by atoms with E-state index in [0.29, 0.717) is 37.5 Å². The molecule has 9 rings (SSSR count). The van der Waals surface area contributed by atoms with E-state index in [1.165, 1.54) is 48.7 Å². The lowest BCUT2D eigenvalue weighted by Gasteiger charge is -2.27. The first-order valence-electron chi connectivity index (χ1n) is 18.3. The number of benzene rings is 6. The van der Waals surface area contributed by atoms with Gasteiger partial charge in [0.2, 0.25) is 0 Å². The second-order valence-corrected chi connectivity index (χ2v) is 14.4. The third-order valence-corrected chi connectivity index (χ3v) is 11.3. The molecular weight excluding hydrogens is 659 g/mol. The molecular formula is C46H47N3O2S. The SMILES string of the molecule is NCCC1c2ccccc2COc2ccccc21.NCCC1c2ccccc2Oc2ccccc21.NCCC1c2ccccc2Sc2ccccc21. The van der Waals surface area contributed by atoms with Gasteiger partial charge in [0, 0.05) is 44.2 Å². The van der Waals surface area contributed by atoms with Crippen molar-refractivity contribution in [2.24, 2.45) is 17.2 Å². The van der Waals surface area contributed by atoms with E-state index in [9.17, 15) is 0 Å². The number of hydrogen-bond donors (Lipinski definition) is 3. The van der Waals surface area contributed by atoms with Crippen LogP contribution in [0.25, 0.3) is 0 Å². The molecule has 0 radical (unpaired) electrons. The van der Waals surface area contributed by atoms with E-state index in [0.717, 1.165) is 43.1 Å². The molecule has 0 aliphatic carbocycles. The highest BCUT2D eigenvalue weighted by atomic mass is 32.2. The summed E-state index contributed by atoms with van der Waals surface area (Å²) in [4.78, 5) is 2.76. The van der Waals surface area contributed by atoms with Gasteiger partial charge in [0.15, 0.2) is 0 Å². The molecule has 1 unspecified atom stereocenters. The van der Waals surface area contributed by atoms with Gasteiger partial charge in [0.05, 0.1) is 0 Å². The molecule has 6 aromatic rings. The maximum Gasteiger partial charge on any atom is 0.131 e. The number of nitrogens with two attached hydrogens (primary N) is 3. The summed E-state index contributed by atoms with van der Waals surface area (Å²) < 4.78 is 11.8. The molecule has 0 saturated heterocycles. The molecule has 3 aliphatic rings. The molecule has 3 heterocycles. The van der Waals surface area contributed by atoms with Crippen molar-refractivity contribution in [2.75, 3.05) is 19.6 Å². The van der Waals surface area contributed by atoms with Gasteiger partial charge in [0.25, 0.3) is 0 Å². The zero-order valence-electron chi connectivity index (χ0n) is 29.5. The minimum atomic E-state index is 0.352. The summed E-state index contributed by atoms with van der Waals surface area (Å²) in [7, 11) is 0. The Labute approximate surface area is 312 Å². The lowest BCUT2D eigenvalue weighted by molar-refractivity contribution is 0.306. The molecule has 3 aliphatic heterocycles. The van der Waals surface area contributed by atoms with Crippen LogP contribution < -0.4 is 26.7 Å². The lowest BCUT2D eigenvalue weighted by Crippen LogP contribution is -2.14. The van der Waals surface area contributed by atoms with Crippen LogP contribution in [0.15, 0.2) is 155 Å². The standard InChI is InChI=1S/C16H17NO.C15H15NO.C15H15NS/c17-10-9-14-13-6-2-1-5-12(13)11-18-16-8-4-3-7-15(14)16;2*16-10-9-11-12-5-1-3-7-14(12)17-15-8-4-2-6-13(11)15/h1-8,14H,9-11,17H2;2*1-8,11H,9-10,16H2. The predicted octanol–water partition coefficient (Wildman–Crippen LogP) is 9.96. The van der Waals surface area contributed by atoms with E-state index in [4.69, 9.17) is 26.7 Å². The Balaban J connectivity index is 0.000000121. The molecule has 6 N–H and O–H groups in total. The third kappa shape index (κ3) is 7.67. The van der Waals surface area contributed by atoms with E-state index in [1.807, 2.05) is 48.2 Å². The van der Waals surface area contributed by atoms with Crippen LogP contribution >= 0.6 is 11.8 Å². The number of hydrogen-bond acceptors (Lipinski definition) is 6. The van der Waals surface area contributed by atoms with Crippen molar-refractivity contribution in [1.29, 1.82) is 0 Å². The minimum Gasteiger partial charge on any atom is -0.489 e. The normalized spacial score (nSPS) is 15.1. The second kappa shape index (κ2) is 17.1. The van der Waals surface area contributed by atoms with Crippen molar-refractivity contribution in [3.63, 3.8) is 0 Å². The molecule has 0 aromatic heterocycles. The number of para-hydroxylation sites is 3. The summed E-state index contributed by atoms with van der Waals surface area (Å²) in [6.07, 6.45) is 2.93. The highest BCUT2D eigenvalue weighted by Crippen LogP contribution is 2.47. The van der Waals surface area contributed by atoms with Crippen molar-refractivity contribution < 1.29 is 9.47 Å². The maximum atomic E-state index is 5.91. The fourth-order valence-electron chi connectivity index (χ4n) is 7.68. The van der Waals surface area contributed by atoms with Crippen LogP contribution in [0.5, 0.6) is 17.2 Å². The molecule has 1 atom stereocenters. The zero-order chi connectivity index (χ0) is 35.7. The fourth-order valence-corrected chi connectivity index (χ4v) is 8.87. The average Bonchev–Trinajstić information content (AvgIpc) is 3.35. The summed E-state index contributed by atoms with van der Waals surface area (Å²) >= 11 is 1.87. The number of rotatable bonds is 6. The molecule has 0 bridgehead atoms. The van der Waals surface area contributed by atoms with E-state index in [2.05, 4.69) is 109 Å². The van der Waals surface area contributed by atoms with Crippen molar-refractivity contribution in [3.05, 3.63) is 185 Å². The summed E-state index contributed by atoms with van der Waals surface area (Å²) in [5.74, 6) is 4.10. The van der Waals surface area contributed by atoms with Gasteiger partial charge in [-0.1, -0.05) is 127 Å². The first-order chi connectivity index (χ1) is 25.7. The van der Waals surface area contributed by atoms with Gasteiger partial charge in [-0.2, -0.15) is 0 Å². The summed E-state index contributed by atoms with van der Waals surface area (Å²) in [6.45, 7) is 2.76. The quantitative estimate of drug-likeness (QED) is 0.160. The topological polar surface area (TPSA) is 96.5 Å². The molecule has 6 heteroatoms. The first kappa shape index (κ1) is 35.5. The van der Waals surface area contributed by atoms with Crippen LogP contribution in [0.2, 0.25) is 0 Å². The molecule has 5 nitrogen and oxygen atoms in total. The Morgan fingerprint density at radius 1 is 0.423 bits per heavy atom. The maximum absolute atomic E-state index is 5.91. The van der Waals surface area contributed by atoms with Gasteiger partial charge in [-0.3, -0.25) is 0 Å². The lowest BCUT2D eigenvalue weighted by atomic mass is 9.86. The van der Waals surface area contributed by atoms with E-state index >= 15 is 0 Å². The van der Waals surface area contributed by atoms with Crippen molar-refractivity contribution in [3.8, 4) is 17.2 Å².